The van der Waals surface area contributed by atoms with Gasteiger partial charge in [-0.1, -0.05) is 23.4 Å². The zero-order valence-electron chi connectivity index (χ0n) is 12.6. The van der Waals surface area contributed by atoms with Crippen LogP contribution in [-0.2, 0) is 0 Å². The molecule has 3 rings (SSSR count). The van der Waals surface area contributed by atoms with Gasteiger partial charge in [-0.3, -0.25) is 4.79 Å². The average Bonchev–Trinajstić information content (AvgIpc) is 3.08. The number of H-pyrrole nitrogens is 1. The van der Waals surface area contributed by atoms with E-state index in [1.54, 1.807) is 10.9 Å². The van der Waals surface area contributed by atoms with Crippen LogP contribution >= 0.6 is 11.8 Å². The molecule has 0 amide bonds. The Balaban J connectivity index is 2.36. The molecule has 0 spiro atoms. The molecule has 3 aromatic rings. The molecule has 0 radical (unpaired) electrons. The number of thioether (sulfide) groups is 1. The Hall–Kier alpha value is -2.85. The minimum Gasteiger partial charge on any atom is -0.300 e. The van der Waals surface area contributed by atoms with Gasteiger partial charge in [-0.2, -0.15) is 10.4 Å². The lowest BCUT2D eigenvalue weighted by molar-refractivity contribution is 0.876. The van der Waals surface area contributed by atoms with Crippen molar-refractivity contribution < 1.29 is 0 Å². The van der Waals surface area contributed by atoms with E-state index in [9.17, 15) is 10.1 Å². The van der Waals surface area contributed by atoms with Crippen LogP contribution in [0.15, 0.2) is 46.6 Å². The van der Waals surface area contributed by atoms with E-state index < -0.39 is 5.56 Å². The Morgan fingerprint density at radius 2 is 2.22 bits per heavy atom. The lowest BCUT2D eigenvalue weighted by Crippen LogP contribution is -2.15. The van der Waals surface area contributed by atoms with Crippen LogP contribution in [0.25, 0.3) is 16.9 Å². The number of aryl methyl sites for hydroxylation is 1. The van der Waals surface area contributed by atoms with Gasteiger partial charge in [0.2, 0.25) is 0 Å². The van der Waals surface area contributed by atoms with Crippen molar-refractivity contribution in [2.45, 2.75) is 12.1 Å². The summed E-state index contributed by atoms with van der Waals surface area (Å²) < 4.78 is 1.69. The van der Waals surface area contributed by atoms with Crippen molar-refractivity contribution in [3.05, 3.63) is 58.1 Å². The van der Waals surface area contributed by atoms with Crippen LogP contribution in [0.4, 0.5) is 0 Å². The van der Waals surface area contributed by atoms with Crippen molar-refractivity contribution in [1.29, 1.82) is 5.26 Å². The number of benzene rings is 1. The second kappa shape index (κ2) is 6.10. The molecule has 114 valence electrons. The fourth-order valence-corrected chi connectivity index (χ4v) is 2.68. The van der Waals surface area contributed by atoms with Gasteiger partial charge in [-0.15, -0.1) is 0 Å². The molecular weight excluding hydrogens is 310 g/mol. The molecule has 2 aromatic heterocycles. The number of aromatic amines is 1. The fraction of sp³-hybridized carbons (Fsp3) is 0.125. The highest BCUT2D eigenvalue weighted by Crippen LogP contribution is 2.28. The van der Waals surface area contributed by atoms with E-state index in [-0.39, 0.29) is 5.56 Å². The summed E-state index contributed by atoms with van der Waals surface area (Å²) in [6.45, 7) is 1.95. The second-order valence-corrected chi connectivity index (χ2v) is 5.68. The number of rotatable bonds is 3. The van der Waals surface area contributed by atoms with E-state index >= 15 is 0 Å². The maximum Gasteiger partial charge on any atom is 0.270 e. The summed E-state index contributed by atoms with van der Waals surface area (Å²) in [6, 6.07) is 9.54. The van der Waals surface area contributed by atoms with Crippen molar-refractivity contribution in [2.75, 3.05) is 6.26 Å². The maximum atomic E-state index is 12.2. The SMILES string of the molecule is CSc1nc(-c2cc(C)ccc2-n2cccn2)c(C#N)c(=O)[nH]1. The Morgan fingerprint density at radius 1 is 1.39 bits per heavy atom. The number of nitriles is 1. The van der Waals surface area contributed by atoms with Crippen LogP contribution in [0.3, 0.4) is 0 Å². The molecule has 2 heterocycles. The Labute approximate surface area is 136 Å². The predicted octanol–water partition coefficient (Wildman–Crippen LogP) is 2.52. The lowest BCUT2D eigenvalue weighted by atomic mass is 10.0. The third-order valence-corrected chi connectivity index (χ3v) is 3.94. The van der Waals surface area contributed by atoms with Crippen LogP contribution in [0.2, 0.25) is 0 Å². The first kappa shape index (κ1) is 15.1. The molecule has 0 aliphatic rings. The quantitative estimate of drug-likeness (QED) is 0.591. The van der Waals surface area contributed by atoms with Gasteiger partial charge < -0.3 is 4.98 Å². The minimum atomic E-state index is -0.435. The molecule has 0 atom stereocenters. The molecule has 0 aliphatic heterocycles. The Morgan fingerprint density at radius 3 is 2.87 bits per heavy atom. The van der Waals surface area contributed by atoms with E-state index in [1.165, 1.54) is 11.8 Å². The molecule has 1 N–H and O–H groups in total. The molecule has 7 heteroatoms. The molecule has 0 saturated heterocycles. The smallest absolute Gasteiger partial charge is 0.270 e. The van der Waals surface area contributed by atoms with E-state index in [4.69, 9.17) is 0 Å². The highest BCUT2D eigenvalue weighted by Gasteiger charge is 2.17. The van der Waals surface area contributed by atoms with Crippen molar-refractivity contribution >= 4 is 11.8 Å². The third kappa shape index (κ3) is 2.76. The first-order chi connectivity index (χ1) is 11.1. The molecule has 0 unspecified atom stereocenters. The van der Waals surface area contributed by atoms with E-state index in [0.29, 0.717) is 16.4 Å². The number of nitrogens with one attached hydrogen (secondary N) is 1. The number of hydrogen-bond donors (Lipinski definition) is 1. The van der Waals surface area contributed by atoms with Crippen LogP contribution in [0.1, 0.15) is 11.1 Å². The number of aromatic nitrogens is 4. The molecular formula is C16H13N5OS. The van der Waals surface area contributed by atoms with E-state index in [1.807, 2.05) is 49.7 Å². The van der Waals surface area contributed by atoms with Crippen LogP contribution in [0.5, 0.6) is 0 Å². The standard InChI is InChI=1S/C16H13N5OS/c1-10-4-5-13(21-7-3-6-18-21)11(8-10)14-12(9-17)15(22)20-16(19-14)23-2/h3-8H,1-2H3,(H,19,20,22). The van der Waals surface area contributed by atoms with Crippen molar-refractivity contribution in [2.24, 2.45) is 0 Å². The molecule has 6 nitrogen and oxygen atoms in total. The van der Waals surface area contributed by atoms with Gasteiger partial charge in [0.25, 0.3) is 5.56 Å². The normalized spacial score (nSPS) is 10.5. The molecule has 1 aromatic carbocycles. The molecule has 23 heavy (non-hydrogen) atoms. The van der Waals surface area contributed by atoms with Gasteiger partial charge in [0.15, 0.2) is 5.16 Å². The summed E-state index contributed by atoms with van der Waals surface area (Å²) >= 11 is 1.32. The third-order valence-electron chi connectivity index (χ3n) is 3.36. The predicted molar refractivity (Wildman–Crippen MR) is 88.6 cm³/mol. The monoisotopic (exact) mass is 323 g/mol. The lowest BCUT2D eigenvalue weighted by Gasteiger charge is -2.12. The summed E-state index contributed by atoms with van der Waals surface area (Å²) in [7, 11) is 0. The van der Waals surface area contributed by atoms with Gasteiger partial charge in [-0.25, -0.2) is 9.67 Å². The highest BCUT2D eigenvalue weighted by atomic mass is 32.2. The zero-order valence-corrected chi connectivity index (χ0v) is 13.4. The van der Waals surface area contributed by atoms with Gasteiger partial charge in [0, 0.05) is 18.0 Å². The van der Waals surface area contributed by atoms with Crippen LogP contribution in [-0.4, -0.2) is 26.0 Å². The molecule has 0 fully saturated rings. The number of hydrogen-bond acceptors (Lipinski definition) is 5. The Kier molecular flexibility index (Phi) is 4.00. The summed E-state index contributed by atoms with van der Waals surface area (Å²) in [5, 5.41) is 14.1. The maximum absolute atomic E-state index is 12.2. The van der Waals surface area contributed by atoms with E-state index in [0.717, 1.165) is 11.3 Å². The summed E-state index contributed by atoms with van der Waals surface area (Å²) in [4.78, 5) is 19.2. The fourth-order valence-electron chi connectivity index (χ4n) is 2.30. The topological polar surface area (TPSA) is 87.4 Å². The first-order valence-corrected chi connectivity index (χ1v) is 8.06. The van der Waals surface area contributed by atoms with Crippen molar-refractivity contribution in [3.63, 3.8) is 0 Å². The Bertz CT molecular complexity index is 954. The first-order valence-electron chi connectivity index (χ1n) is 6.83. The average molecular weight is 323 g/mol. The van der Waals surface area contributed by atoms with Crippen molar-refractivity contribution in [1.82, 2.24) is 19.7 Å². The molecule has 0 aliphatic carbocycles. The molecule has 0 saturated carbocycles. The van der Waals surface area contributed by atoms with Crippen molar-refractivity contribution in [3.8, 4) is 23.0 Å². The van der Waals surface area contributed by atoms with Gasteiger partial charge >= 0.3 is 0 Å². The number of nitrogens with zero attached hydrogens (tertiary/aromatic N) is 4. The van der Waals surface area contributed by atoms with Gasteiger partial charge in [0.05, 0.1) is 11.4 Å². The van der Waals surface area contributed by atoms with Gasteiger partial charge in [-0.05, 0) is 31.4 Å². The highest BCUT2D eigenvalue weighted by molar-refractivity contribution is 7.98. The summed E-state index contributed by atoms with van der Waals surface area (Å²) in [6.07, 6.45) is 5.30. The summed E-state index contributed by atoms with van der Waals surface area (Å²) in [5.41, 5.74) is 2.41. The summed E-state index contributed by atoms with van der Waals surface area (Å²) in [5.74, 6) is 0. The van der Waals surface area contributed by atoms with Gasteiger partial charge in [0.1, 0.15) is 11.6 Å². The minimum absolute atomic E-state index is 0.00167. The van der Waals surface area contributed by atoms with Crippen LogP contribution in [0, 0.1) is 18.3 Å². The zero-order chi connectivity index (χ0) is 16.4. The van der Waals surface area contributed by atoms with E-state index in [2.05, 4.69) is 15.1 Å². The second-order valence-electron chi connectivity index (χ2n) is 4.88. The largest absolute Gasteiger partial charge is 0.300 e. The molecule has 0 bridgehead atoms. The van der Waals surface area contributed by atoms with Crippen LogP contribution < -0.4 is 5.56 Å².